The van der Waals surface area contributed by atoms with E-state index in [2.05, 4.69) is 5.32 Å². The fourth-order valence-electron chi connectivity index (χ4n) is 2.31. The van der Waals surface area contributed by atoms with Crippen LogP contribution >= 0.6 is 0 Å². The molecule has 114 valence electrons. The van der Waals surface area contributed by atoms with E-state index in [4.69, 9.17) is 9.47 Å². The molecule has 0 bridgehead atoms. The second-order valence-electron chi connectivity index (χ2n) is 5.30. The minimum Gasteiger partial charge on any atom is -0.480 e. The number of carbonyl (C=O) groups excluding carboxylic acids is 1. The van der Waals surface area contributed by atoms with Crippen LogP contribution in [0.25, 0.3) is 0 Å². The zero-order valence-electron chi connectivity index (χ0n) is 12.1. The lowest BCUT2D eigenvalue weighted by Crippen LogP contribution is -2.52. The summed E-state index contributed by atoms with van der Waals surface area (Å²) < 4.78 is 10.5. The third kappa shape index (κ3) is 3.45. The zero-order valence-corrected chi connectivity index (χ0v) is 12.1. The van der Waals surface area contributed by atoms with E-state index in [1.165, 1.54) is 6.92 Å². The van der Waals surface area contributed by atoms with Gasteiger partial charge in [-0.25, -0.2) is 4.79 Å². The molecule has 1 unspecified atom stereocenters. The molecule has 1 atom stereocenters. The molecule has 1 heterocycles. The highest BCUT2D eigenvalue weighted by atomic mass is 16.7. The van der Waals surface area contributed by atoms with Gasteiger partial charge in [-0.2, -0.15) is 0 Å². The summed E-state index contributed by atoms with van der Waals surface area (Å²) in [4.78, 5) is 23.4. The van der Waals surface area contributed by atoms with Crippen molar-refractivity contribution < 1.29 is 24.2 Å². The van der Waals surface area contributed by atoms with E-state index in [1.54, 1.807) is 18.2 Å². The maximum atomic E-state index is 12.1. The monoisotopic (exact) mass is 293 g/mol. The van der Waals surface area contributed by atoms with Crippen molar-refractivity contribution in [3.8, 4) is 11.5 Å². The predicted molar refractivity (Wildman–Crippen MR) is 75.4 cm³/mol. The molecule has 1 aliphatic heterocycles. The Bertz CT molecular complexity index is 557. The molecular weight excluding hydrogens is 274 g/mol. The van der Waals surface area contributed by atoms with Gasteiger partial charge < -0.3 is 19.9 Å². The Kier molecular flexibility index (Phi) is 4.35. The van der Waals surface area contributed by atoms with Crippen molar-refractivity contribution >= 4 is 11.9 Å². The Labute approximate surface area is 123 Å². The number of carboxylic acid groups (broad SMARTS) is 1. The first-order valence-electron chi connectivity index (χ1n) is 6.87. The molecule has 0 fully saturated rings. The van der Waals surface area contributed by atoms with Crippen LogP contribution in [0.4, 0.5) is 0 Å². The van der Waals surface area contributed by atoms with Gasteiger partial charge in [0.25, 0.3) is 0 Å². The molecule has 1 aromatic carbocycles. The first kappa shape index (κ1) is 15.2. The molecule has 6 heteroatoms. The molecular formula is C15H19NO5. The van der Waals surface area contributed by atoms with Crippen LogP contribution in [0.2, 0.25) is 0 Å². The van der Waals surface area contributed by atoms with Crippen molar-refractivity contribution in [2.45, 2.75) is 38.6 Å². The molecule has 0 spiro atoms. The molecule has 0 aliphatic carbocycles. The molecule has 0 radical (unpaired) electrons. The first-order valence-corrected chi connectivity index (χ1v) is 6.87. The number of fused-ring (bicyclic) bond motifs is 1. The van der Waals surface area contributed by atoms with Gasteiger partial charge >= 0.3 is 5.97 Å². The highest BCUT2D eigenvalue weighted by Gasteiger charge is 2.33. The van der Waals surface area contributed by atoms with E-state index in [0.717, 1.165) is 5.56 Å². The summed E-state index contributed by atoms with van der Waals surface area (Å²) in [5.41, 5.74) is -0.483. The number of amides is 1. The fraction of sp³-hybridized carbons (Fsp3) is 0.467. The third-order valence-electron chi connectivity index (χ3n) is 3.44. The molecule has 0 aromatic heterocycles. The van der Waals surface area contributed by atoms with Gasteiger partial charge in [0.1, 0.15) is 5.54 Å². The summed E-state index contributed by atoms with van der Waals surface area (Å²) in [6.45, 7) is 3.58. The van der Waals surface area contributed by atoms with Crippen LogP contribution in [0, 0.1) is 0 Å². The number of hydrogen-bond donors (Lipinski definition) is 2. The molecule has 2 rings (SSSR count). The van der Waals surface area contributed by atoms with Crippen molar-refractivity contribution in [2.24, 2.45) is 0 Å². The fourth-order valence-corrected chi connectivity index (χ4v) is 2.31. The molecule has 1 aliphatic rings. The van der Waals surface area contributed by atoms with Crippen LogP contribution in [-0.4, -0.2) is 29.3 Å². The lowest BCUT2D eigenvalue weighted by atomic mass is 9.96. The first-order chi connectivity index (χ1) is 9.94. The Balaban J connectivity index is 2.02. The molecule has 21 heavy (non-hydrogen) atoms. The van der Waals surface area contributed by atoms with E-state index in [0.29, 0.717) is 24.3 Å². The van der Waals surface area contributed by atoms with Gasteiger partial charge in [0.2, 0.25) is 12.7 Å². The number of benzene rings is 1. The van der Waals surface area contributed by atoms with E-state index < -0.39 is 11.5 Å². The third-order valence-corrected chi connectivity index (χ3v) is 3.44. The number of carbonyl (C=O) groups is 2. The van der Waals surface area contributed by atoms with Crippen molar-refractivity contribution in [1.29, 1.82) is 0 Å². The highest BCUT2D eigenvalue weighted by molar-refractivity contribution is 5.87. The molecule has 0 saturated carbocycles. The van der Waals surface area contributed by atoms with Gasteiger partial charge in [0, 0.05) is 0 Å². The molecule has 1 amide bonds. The van der Waals surface area contributed by atoms with Crippen LogP contribution in [-0.2, 0) is 16.0 Å². The van der Waals surface area contributed by atoms with Gasteiger partial charge in [-0.3, -0.25) is 4.79 Å². The van der Waals surface area contributed by atoms with Crippen molar-refractivity contribution in [1.82, 2.24) is 5.32 Å². The van der Waals surface area contributed by atoms with E-state index >= 15 is 0 Å². The lowest BCUT2D eigenvalue weighted by Gasteiger charge is -2.25. The summed E-state index contributed by atoms with van der Waals surface area (Å²) in [5.74, 6) is -0.0917. The number of carboxylic acids is 1. The van der Waals surface area contributed by atoms with Crippen molar-refractivity contribution in [3.05, 3.63) is 23.8 Å². The lowest BCUT2D eigenvalue weighted by molar-refractivity contribution is -0.147. The second-order valence-corrected chi connectivity index (χ2v) is 5.30. The zero-order chi connectivity index (χ0) is 15.5. The second kappa shape index (κ2) is 6.03. The largest absolute Gasteiger partial charge is 0.480 e. The molecule has 1 aromatic rings. The Morgan fingerprint density at radius 1 is 1.33 bits per heavy atom. The average Bonchev–Trinajstić information content (AvgIpc) is 2.85. The standard InChI is InChI=1S/C15H19NO5/c1-3-6-15(2,14(18)19)16-13(17)8-10-4-5-11-12(7-10)21-9-20-11/h4-5,7H,3,6,8-9H2,1-2H3,(H,16,17)(H,18,19). The summed E-state index contributed by atoms with van der Waals surface area (Å²) in [7, 11) is 0. The van der Waals surface area contributed by atoms with Gasteiger partial charge in [0.05, 0.1) is 6.42 Å². The molecule has 2 N–H and O–H groups in total. The van der Waals surface area contributed by atoms with Crippen molar-refractivity contribution in [2.75, 3.05) is 6.79 Å². The normalized spacial score (nSPS) is 15.3. The van der Waals surface area contributed by atoms with Crippen LogP contribution < -0.4 is 14.8 Å². The smallest absolute Gasteiger partial charge is 0.329 e. The van der Waals surface area contributed by atoms with Gasteiger partial charge in [-0.05, 0) is 31.0 Å². The van der Waals surface area contributed by atoms with Gasteiger partial charge in [-0.15, -0.1) is 0 Å². The number of aliphatic carboxylic acids is 1. The summed E-state index contributed by atoms with van der Waals surface area (Å²) in [6, 6.07) is 5.25. The Morgan fingerprint density at radius 3 is 2.71 bits per heavy atom. The maximum absolute atomic E-state index is 12.1. The van der Waals surface area contributed by atoms with E-state index in [9.17, 15) is 14.7 Å². The van der Waals surface area contributed by atoms with E-state index in [-0.39, 0.29) is 19.1 Å². The summed E-state index contributed by atoms with van der Waals surface area (Å²) >= 11 is 0. The Hall–Kier alpha value is -2.24. The topological polar surface area (TPSA) is 84.9 Å². The Morgan fingerprint density at radius 2 is 2.05 bits per heavy atom. The number of nitrogens with one attached hydrogen (secondary N) is 1. The molecule has 0 saturated heterocycles. The quantitative estimate of drug-likeness (QED) is 0.834. The van der Waals surface area contributed by atoms with Crippen molar-refractivity contribution in [3.63, 3.8) is 0 Å². The number of rotatable bonds is 6. The van der Waals surface area contributed by atoms with Gasteiger partial charge in [-0.1, -0.05) is 19.4 Å². The minimum atomic E-state index is -1.23. The number of ether oxygens (including phenoxy) is 2. The summed E-state index contributed by atoms with van der Waals surface area (Å²) in [5, 5.41) is 11.9. The highest BCUT2D eigenvalue weighted by Crippen LogP contribution is 2.32. The SMILES string of the molecule is CCCC(C)(NC(=O)Cc1ccc2c(c1)OCO2)C(=O)O. The number of hydrogen-bond acceptors (Lipinski definition) is 4. The average molecular weight is 293 g/mol. The minimum absolute atomic E-state index is 0.100. The van der Waals surface area contributed by atoms with Gasteiger partial charge in [0.15, 0.2) is 11.5 Å². The van der Waals surface area contributed by atoms with Crippen LogP contribution in [0.3, 0.4) is 0 Å². The van der Waals surface area contributed by atoms with Crippen LogP contribution in [0.15, 0.2) is 18.2 Å². The molecule has 6 nitrogen and oxygen atoms in total. The van der Waals surface area contributed by atoms with Crippen LogP contribution in [0.1, 0.15) is 32.3 Å². The summed E-state index contributed by atoms with van der Waals surface area (Å²) in [6.07, 6.45) is 1.16. The van der Waals surface area contributed by atoms with Crippen LogP contribution in [0.5, 0.6) is 11.5 Å². The van der Waals surface area contributed by atoms with E-state index in [1.807, 2.05) is 6.92 Å². The predicted octanol–water partition coefficient (Wildman–Crippen LogP) is 1.72. The maximum Gasteiger partial charge on any atom is 0.329 e.